The van der Waals surface area contributed by atoms with Crippen LogP contribution in [0.4, 0.5) is 0 Å². The van der Waals surface area contributed by atoms with Crippen molar-refractivity contribution in [2.75, 3.05) is 20.7 Å². The number of carbonyl (C=O) groups excluding carboxylic acids is 2. The number of ether oxygens (including phenoxy) is 2. The molecule has 0 unspecified atom stereocenters. The lowest BCUT2D eigenvalue weighted by Crippen LogP contribution is -2.35. The van der Waals surface area contributed by atoms with Gasteiger partial charge in [0.2, 0.25) is 0 Å². The van der Waals surface area contributed by atoms with Crippen molar-refractivity contribution in [3.8, 4) is 11.5 Å². The minimum absolute atomic E-state index is 0.146. The number of hydrazone groups is 1. The zero-order valence-corrected chi connectivity index (χ0v) is 16.4. The smallest absolute Gasteiger partial charge is 0.271 e. The molecule has 1 aromatic carbocycles. The van der Waals surface area contributed by atoms with Crippen LogP contribution in [-0.4, -0.2) is 54.7 Å². The number of likely N-dealkylation sites (N-methyl/N-ethyl adjacent to an activating group) is 1. The Morgan fingerprint density at radius 3 is 2.57 bits per heavy atom. The molecular weight excluding hydrogens is 360 g/mol. The second-order valence-corrected chi connectivity index (χ2v) is 6.07. The third kappa shape index (κ3) is 5.80. The number of amides is 2. The molecule has 1 heterocycles. The average Bonchev–Trinajstić information content (AvgIpc) is 2.69. The summed E-state index contributed by atoms with van der Waals surface area (Å²) in [5, 5.41) is 3.96. The van der Waals surface area contributed by atoms with Crippen LogP contribution in [0.15, 0.2) is 47.8 Å². The van der Waals surface area contributed by atoms with Crippen LogP contribution in [0, 0.1) is 0 Å². The maximum absolute atomic E-state index is 12.0. The predicted octanol–water partition coefficient (Wildman–Crippen LogP) is 2.10. The fourth-order valence-electron chi connectivity index (χ4n) is 2.31. The number of rotatable bonds is 8. The predicted molar refractivity (Wildman–Crippen MR) is 106 cm³/mol. The Kier molecular flexibility index (Phi) is 7.50. The van der Waals surface area contributed by atoms with Gasteiger partial charge in [-0.25, -0.2) is 5.43 Å². The maximum Gasteiger partial charge on any atom is 0.271 e. The van der Waals surface area contributed by atoms with Gasteiger partial charge in [-0.15, -0.1) is 0 Å². The summed E-state index contributed by atoms with van der Waals surface area (Å²) in [6.45, 7) is 3.97. The van der Waals surface area contributed by atoms with Crippen molar-refractivity contribution in [3.05, 3.63) is 53.9 Å². The summed E-state index contributed by atoms with van der Waals surface area (Å²) in [6.07, 6.45) is 3.93. The summed E-state index contributed by atoms with van der Waals surface area (Å²) in [7, 11) is 3.34. The number of hydrogen-bond acceptors (Lipinski definition) is 6. The van der Waals surface area contributed by atoms with Gasteiger partial charge in [0.05, 0.1) is 12.8 Å². The van der Waals surface area contributed by atoms with Crippen LogP contribution in [0.1, 0.15) is 29.8 Å². The molecule has 0 spiro atoms. The lowest BCUT2D eigenvalue weighted by Gasteiger charge is -2.20. The molecule has 0 saturated heterocycles. The van der Waals surface area contributed by atoms with Crippen molar-refractivity contribution in [1.82, 2.24) is 15.3 Å². The van der Waals surface area contributed by atoms with Gasteiger partial charge in [-0.2, -0.15) is 5.10 Å². The molecule has 148 valence electrons. The van der Waals surface area contributed by atoms with E-state index in [1.807, 2.05) is 6.92 Å². The van der Waals surface area contributed by atoms with Crippen molar-refractivity contribution in [2.24, 2.45) is 5.10 Å². The molecule has 2 amide bonds. The van der Waals surface area contributed by atoms with Crippen LogP contribution in [0.5, 0.6) is 11.5 Å². The Hall–Kier alpha value is -3.42. The topological polar surface area (TPSA) is 93.1 Å². The van der Waals surface area contributed by atoms with E-state index in [4.69, 9.17) is 9.47 Å². The molecule has 28 heavy (non-hydrogen) atoms. The van der Waals surface area contributed by atoms with Crippen LogP contribution < -0.4 is 14.9 Å². The minimum atomic E-state index is -0.645. The Balaban J connectivity index is 2.08. The van der Waals surface area contributed by atoms with Crippen LogP contribution in [0.25, 0.3) is 0 Å². The van der Waals surface area contributed by atoms with Crippen molar-refractivity contribution >= 4 is 18.0 Å². The van der Waals surface area contributed by atoms with Crippen molar-refractivity contribution < 1.29 is 19.1 Å². The first-order valence-corrected chi connectivity index (χ1v) is 8.80. The summed E-state index contributed by atoms with van der Waals surface area (Å²) in [5.41, 5.74) is 3.62. The van der Waals surface area contributed by atoms with E-state index in [0.717, 1.165) is 0 Å². The van der Waals surface area contributed by atoms with Gasteiger partial charge < -0.3 is 14.4 Å². The van der Waals surface area contributed by atoms with Crippen molar-refractivity contribution in [3.63, 3.8) is 0 Å². The van der Waals surface area contributed by atoms with Crippen LogP contribution in [0.3, 0.4) is 0 Å². The monoisotopic (exact) mass is 384 g/mol. The molecular formula is C20H24N4O4. The summed E-state index contributed by atoms with van der Waals surface area (Å²) >= 11 is 0. The van der Waals surface area contributed by atoms with Gasteiger partial charge in [-0.1, -0.05) is 0 Å². The first-order valence-electron chi connectivity index (χ1n) is 8.80. The van der Waals surface area contributed by atoms with E-state index in [9.17, 15) is 9.59 Å². The third-order valence-corrected chi connectivity index (χ3v) is 3.68. The lowest BCUT2D eigenvalue weighted by atomic mass is 10.2. The normalized spacial score (nSPS) is 11.7. The van der Waals surface area contributed by atoms with Gasteiger partial charge in [-0.05, 0) is 49.7 Å². The molecule has 0 aliphatic rings. The van der Waals surface area contributed by atoms with E-state index in [2.05, 4.69) is 15.5 Å². The molecule has 0 aliphatic carbocycles. The number of nitrogens with zero attached hydrogens (tertiary/aromatic N) is 3. The van der Waals surface area contributed by atoms with Gasteiger partial charge in [0, 0.05) is 32.1 Å². The van der Waals surface area contributed by atoms with E-state index >= 15 is 0 Å². The number of benzene rings is 1. The first-order chi connectivity index (χ1) is 13.4. The highest BCUT2D eigenvalue weighted by atomic mass is 16.5. The second kappa shape index (κ2) is 10.1. The lowest BCUT2D eigenvalue weighted by molar-refractivity contribution is -0.135. The number of nitrogens with one attached hydrogen (secondary N) is 1. The summed E-state index contributed by atoms with van der Waals surface area (Å²) in [4.78, 5) is 29.3. The maximum atomic E-state index is 12.0. The van der Waals surface area contributed by atoms with Crippen molar-refractivity contribution in [1.29, 1.82) is 0 Å². The molecule has 8 heteroatoms. The standard InChI is InChI=1S/C20H24N4O4/c1-5-27-18-12-15(6-7-17(18)28-14(2)20(26)24(3)4)13-22-23-19(25)16-8-10-21-11-9-16/h6-14H,5H2,1-4H3,(H,23,25)/b22-13-/t14-/m0/s1. The molecule has 8 nitrogen and oxygen atoms in total. The zero-order valence-electron chi connectivity index (χ0n) is 16.4. The second-order valence-electron chi connectivity index (χ2n) is 6.07. The quantitative estimate of drug-likeness (QED) is 0.556. The fourth-order valence-corrected chi connectivity index (χ4v) is 2.31. The van der Waals surface area contributed by atoms with E-state index in [-0.39, 0.29) is 11.8 Å². The summed E-state index contributed by atoms with van der Waals surface area (Å²) < 4.78 is 11.3. The molecule has 2 aromatic rings. The molecule has 0 radical (unpaired) electrons. The van der Waals surface area contributed by atoms with E-state index in [1.54, 1.807) is 51.4 Å². The van der Waals surface area contributed by atoms with E-state index in [0.29, 0.717) is 29.2 Å². The molecule has 1 atom stereocenters. The minimum Gasteiger partial charge on any atom is -0.490 e. The highest BCUT2D eigenvalue weighted by Crippen LogP contribution is 2.29. The van der Waals surface area contributed by atoms with Gasteiger partial charge >= 0.3 is 0 Å². The molecule has 1 N–H and O–H groups in total. The molecule has 0 bridgehead atoms. The van der Waals surface area contributed by atoms with E-state index < -0.39 is 6.10 Å². The van der Waals surface area contributed by atoms with Gasteiger partial charge in [0.25, 0.3) is 11.8 Å². The summed E-state index contributed by atoms with van der Waals surface area (Å²) in [5.74, 6) is 0.472. The van der Waals surface area contributed by atoms with Crippen LogP contribution >= 0.6 is 0 Å². The number of hydrogen-bond donors (Lipinski definition) is 1. The van der Waals surface area contributed by atoms with Crippen molar-refractivity contribution in [2.45, 2.75) is 20.0 Å². The molecule has 0 saturated carbocycles. The number of carbonyl (C=O) groups is 2. The van der Waals surface area contributed by atoms with Crippen LogP contribution in [0.2, 0.25) is 0 Å². The molecule has 0 fully saturated rings. The average molecular weight is 384 g/mol. The van der Waals surface area contributed by atoms with Crippen LogP contribution in [-0.2, 0) is 4.79 Å². The van der Waals surface area contributed by atoms with E-state index in [1.165, 1.54) is 23.5 Å². The highest BCUT2D eigenvalue weighted by Gasteiger charge is 2.18. The van der Waals surface area contributed by atoms with Gasteiger partial charge in [-0.3, -0.25) is 14.6 Å². The first kappa shape index (κ1) is 20.9. The Morgan fingerprint density at radius 2 is 1.93 bits per heavy atom. The Bertz CT molecular complexity index is 837. The number of aromatic nitrogens is 1. The molecule has 0 aliphatic heterocycles. The molecule has 1 aromatic heterocycles. The zero-order chi connectivity index (χ0) is 20.5. The van der Waals surface area contributed by atoms with Gasteiger partial charge in [0.1, 0.15) is 0 Å². The summed E-state index contributed by atoms with van der Waals surface area (Å²) in [6, 6.07) is 8.39. The Morgan fingerprint density at radius 1 is 1.21 bits per heavy atom. The molecule has 2 rings (SSSR count). The third-order valence-electron chi connectivity index (χ3n) is 3.68. The number of pyridine rings is 1. The Labute approximate surface area is 164 Å². The fraction of sp³-hybridized carbons (Fsp3) is 0.300. The highest BCUT2D eigenvalue weighted by molar-refractivity contribution is 5.94. The SMILES string of the molecule is CCOc1cc(/C=N\NC(=O)c2ccncc2)ccc1O[C@@H](C)C(=O)N(C)C. The van der Waals surface area contributed by atoms with Gasteiger partial charge in [0.15, 0.2) is 17.6 Å². The largest absolute Gasteiger partial charge is 0.490 e.